The average molecular weight is 690 g/mol. The van der Waals surface area contributed by atoms with E-state index in [9.17, 15) is 32.0 Å². The van der Waals surface area contributed by atoms with E-state index in [2.05, 4.69) is 9.97 Å². The summed E-state index contributed by atoms with van der Waals surface area (Å²) >= 11 is 0.675. The fourth-order valence-corrected chi connectivity index (χ4v) is 8.23. The number of halogens is 6. The number of nitriles is 1. The Kier molecular flexibility index (Phi) is 7.82. The number of carbonyl (C=O) groups is 1. The maximum absolute atomic E-state index is 17.0. The molecule has 3 fully saturated rings. The lowest BCUT2D eigenvalue weighted by atomic mass is 9.92. The minimum absolute atomic E-state index is 0.0208. The van der Waals surface area contributed by atoms with Crippen molar-refractivity contribution in [3.63, 3.8) is 0 Å². The summed E-state index contributed by atoms with van der Waals surface area (Å²) in [5.41, 5.74) is 1.83. The number of ether oxygens (including phenoxy) is 1. The van der Waals surface area contributed by atoms with Gasteiger partial charge >= 0.3 is 12.2 Å². The fraction of sp³-hybridized carbons (Fsp3) is 0.438. The van der Waals surface area contributed by atoms with Crippen LogP contribution in [0.2, 0.25) is 0 Å². The summed E-state index contributed by atoms with van der Waals surface area (Å²) in [5, 5.41) is 9.14. The van der Waals surface area contributed by atoms with Gasteiger partial charge in [-0.3, -0.25) is 9.69 Å². The molecule has 2 atom stereocenters. The summed E-state index contributed by atoms with van der Waals surface area (Å²) in [6, 6.07) is 4.11. The van der Waals surface area contributed by atoms with Gasteiger partial charge in [-0.15, -0.1) is 11.3 Å². The Morgan fingerprint density at radius 2 is 1.98 bits per heavy atom. The number of hydrogen-bond acceptors (Lipinski definition) is 9. The molecule has 0 spiro atoms. The molecule has 252 valence electrons. The highest BCUT2D eigenvalue weighted by molar-refractivity contribution is 7.23. The van der Waals surface area contributed by atoms with E-state index in [0.717, 1.165) is 24.6 Å². The molecule has 3 aliphatic heterocycles. The molecule has 16 heteroatoms. The number of amides is 1. The van der Waals surface area contributed by atoms with Crippen LogP contribution in [-0.2, 0) is 11.0 Å². The zero-order chi connectivity index (χ0) is 34.1. The van der Waals surface area contributed by atoms with E-state index in [1.54, 1.807) is 11.9 Å². The standard InChI is InChI=1S/C32H29F6N7O2S/c1-43-9-10-44(8-5-22(43)46)29-18-11-20(32(36,37)38)24(17-3-4-21(34)27-23(17)19(13-39)28(40)48-27)25(35)26(18)41-30(42-29)47-15-31-6-2-7-45(31)14-16(33)12-31/h3-4,11,16H,2,5-10,12,14-15,40H2,1H3/t16-,31+/m1/s1. The number of aromatic nitrogens is 2. The largest absolute Gasteiger partial charge is 0.461 e. The number of nitrogens with two attached hydrogens (primary N) is 1. The van der Waals surface area contributed by atoms with E-state index in [0.29, 0.717) is 24.3 Å². The van der Waals surface area contributed by atoms with Crippen molar-refractivity contribution in [3.05, 3.63) is 41.0 Å². The Labute approximate surface area is 274 Å². The summed E-state index contributed by atoms with van der Waals surface area (Å²) in [6.07, 6.45) is -4.41. The van der Waals surface area contributed by atoms with Crippen LogP contribution >= 0.6 is 11.3 Å². The lowest BCUT2D eigenvalue weighted by Crippen LogP contribution is -2.43. The number of thiophene rings is 1. The third-order valence-electron chi connectivity index (χ3n) is 9.65. The van der Waals surface area contributed by atoms with Crippen molar-refractivity contribution in [3.8, 4) is 23.2 Å². The molecule has 0 radical (unpaired) electrons. The van der Waals surface area contributed by atoms with E-state index in [-0.39, 0.29) is 95.0 Å². The summed E-state index contributed by atoms with van der Waals surface area (Å²) in [4.78, 5) is 26.3. The molecule has 1 amide bonds. The molecule has 0 bridgehead atoms. The lowest BCUT2D eigenvalue weighted by Gasteiger charge is -2.31. The second kappa shape index (κ2) is 11.7. The first-order chi connectivity index (χ1) is 22.8. The highest BCUT2D eigenvalue weighted by atomic mass is 32.1. The van der Waals surface area contributed by atoms with Crippen molar-refractivity contribution in [2.75, 3.05) is 57.0 Å². The molecule has 3 aliphatic rings. The Morgan fingerprint density at radius 1 is 1.19 bits per heavy atom. The topological polar surface area (TPSA) is 112 Å². The van der Waals surface area contributed by atoms with Gasteiger partial charge in [0.2, 0.25) is 5.91 Å². The normalized spacial score (nSPS) is 22.0. The molecule has 48 heavy (non-hydrogen) atoms. The number of anilines is 2. The van der Waals surface area contributed by atoms with Gasteiger partial charge in [-0.25, -0.2) is 13.2 Å². The molecule has 7 rings (SSSR count). The number of carbonyl (C=O) groups excluding carboxylic acids is 1. The smallest absolute Gasteiger partial charge is 0.417 e. The molecule has 0 unspecified atom stereocenters. The van der Waals surface area contributed by atoms with Gasteiger partial charge in [0.05, 0.1) is 21.4 Å². The summed E-state index contributed by atoms with van der Waals surface area (Å²) in [6.45, 7) is 1.41. The van der Waals surface area contributed by atoms with Crippen LogP contribution in [0.3, 0.4) is 0 Å². The maximum Gasteiger partial charge on any atom is 0.417 e. The molecular weight excluding hydrogens is 660 g/mol. The fourth-order valence-electron chi connectivity index (χ4n) is 7.28. The summed E-state index contributed by atoms with van der Waals surface area (Å²) in [7, 11) is 1.61. The number of rotatable bonds is 5. The zero-order valence-electron chi connectivity index (χ0n) is 25.6. The van der Waals surface area contributed by atoms with E-state index >= 15 is 4.39 Å². The number of nitrogens with zero attached hydrogens (tertiary/aromatic N) is 6. The van der Waals surface area contributed by atoms with Crippen LogP contribution in [0.5, 0.6) is 6.01 Å². The van der Waals surface area contributed by atoms with Gasteiger partial charge in [0, 0.05) is 62.4 Å². The van der Waals surface area contributed by atoms with Crippen LogP contribution in [-0.4, -0.2) is 83.8 Å². The van der Waals surface area contributed by atoms with Gasteiger partial charge in [0.15, 0.2) is 5.82 Å². The third-order valence-corrected chi connectivity index (χ3v) is 10.7. The van der Waals surface area contributed by atoms with Gasteiger partial charge < -0.3 is 20.3 Å². The van der Waals surface area contributed by atoms with Crippen LogP contribution in [0.25, 0.3) is 32.1 Å². The van der Waals surface area contributed by atoms with Crippen LogP contribution in [0.4, 0.5) is 37.2 Å². The zero-order valence-corrected chi connectivity index (χ0v) is 26.5. The first-order valence-corrected chi connectivity index (χ1v) is 16.2. The quantitative estimate of drug-likeness (QED) is 0.259. The van der Waals surface area contributed by atoms with Crippen molar-refractivity contribution in [2.45, 2.75) is 43.6 Å². The second-order valence-corrected chi connectivity index (χ2v) is 13.6. The molecule has 0 aliphatic carbocycles. The molecule has 2 N–H and O–H groups in total. The van der Waals surface area contributed by atoms with E-state index < -0.39 is 46.2 Å². The number of alkyl halides is 4. The number of nitrogen functional groups attached to an aromatic ring is 1. The number of benzene rings is 2. The predicted molar refractivity (Wildman–Crippen MR) is 167 cm³/mol. The van der Waals surface area contributed by atoms with Gasteiger partial charge in [0.25, 0.3) is 0 Å². The maximum atomic E-state index is 17.0. The number of hydrogen-bond donors (Lipinski definition) is 1. The summed E-state index contributed by atoms with van der Waals surface area (Å²) in [5.74, 6) is -2.46. The van der Waals surface area contributed by atoms with Crippen molar-refractivity contribution in [1.82, 2.24) is 19.8 Å². The van der Waals surface area contributed by atoms with E-state index in [1.807, 2.05) is 11.0 Å². The van der Waals surface area contributed by atoms with Crippen LogP contribution in [0.15, 0.2) is 18.2 Å². The Morgan fingerprint density at radius 3 is 2.73 bits per heavy atom. The Bertz CT molecular complexity index is 2010. The molecule has 0 saturated carbocycles. The van der Waals surface area contributed by atoms with Crippen molar-refractivity contribution < 1.29 is 35.9 Å². The number of likely N-dealkylation sites (N-methyl/N-ethyl adjacent to an activating group) is 1. The van der Waals surface area contributed by atoms with Gasteiger partial charge in [-0.05, 0) is 37.1 Å². The van der Waals surface area contributed by atoms with Crippen LogP contribution in [0.1, 0.15) is 36.8 Å². The minimum atomic E-state index is -5.11. The first-order valence-electron chi connectivity index (χ1n) is 15.3. The van der Waals surface area contributed by atoms with Crippen molar-refractivity contribution in [1.29, 1.82) is 5.26 Å². The highest BCUT2D eigenvalue weighted by Gasteiger charge is 2.49. The molecule has 9 nitrogen and oxygen atoms in total. The average Bonchev–Trinajstić information content (AvgIpc) is 3.65. The number of fused-ring (bicyclic) bond motifs is 3. The predicted octanol–water partition coefficient (Wildman–Crippen LogP) is 5.89. The lowest BCUT2D eigenvalue weighted by molar-refractivity contribution is -0.137. The first kappa shape index (κ1) is 32.2. The molecule has 4 aromatic rings. The van der Waals surface area contributed by atoms with E-state index in [1.165, 1.54) is 4.90 Å². The molecule has 2 aromatic heterocycles. The molecular formula is C32H29F6N7O2S. The van der Waals surface area contributed by atoms with Crippen LogP contribution < -0.4 is 15.4 Å². The SMILES string of the molecule is CN1CCN(c2nc(OC[C@@]34CCCN3C[C@H](F)C4)nc3c(F)c(-c4ccc(F)c5sc(N)c(C#N)c45)c(C(F)(F)F)cc23)CCC1=O. The monoisotopic (exact) mass is 689 g/mol. The molecule has 5 heterocycles. The molecule has 2 aromatic carbocycles. The van der Waals surface area contributed by atoms with E-state index in [4.69, 9.17) is 10.5 Å². The summed E-state index contributed by atoms with van der Waals surface area (Å²) < 4.78 is 96.8. The van der Waals surface area contributed by atoms with Crippen molar-refractivity contribution in [2.24, 2.45) is 0 Å². The van der Waals surface area contributed by atoms with Gasteiger partial charge in [0.1, 0.15) is 41.0 Å². The van der Waals surface area contributed by atoms with Crippen LogP contribution in [0, 0.1) is 23.0 Å². The Hall–Kier alpha value is -4.36. The van der Waals surface area contributed by atoms with Crippen molar-refractivity contribution >= 4 is 49.1 Å². The van der Waals surface area contributed by atoms with Gasteiger partial charge in [-0.1, -0.05) is 6.07 Å². The minimum Gasteiger partial charge on any atom is -0.461 e. The molecule has 3 saturated heterocycles. The third kappa shape index (κ3) is 5.23. The highest BCUT2D eigenvalue weighted by Crippen LogP contribution is 2.48. The van der Waals surface area contributed by atoms with Gasteiger partial charge in [-0.2, -0.15) is 28.4 Å². The second-order valence-electron chi connectivity index (χ2n) is 12.5. The Balaban J connectivity index is 1.46.